The number of fused-ring (bicyclic) bond motifs is 2. The molecule has 0 fully saturated rings. The van der Waals surface area contributed by atoms with Crippen LogP contribution >= 0.6 is 0 Å². The minimum atomic E-state index is -1.02. The number of carbonyl (C=O) groups is 2. The van der Waals surface area contributed by atoms with Crippen molar-refractivity contribution in [3.8, 4) is 0 Å². The summed E-state index contributed by atoms with van der Waals surface area (Å²) >= 11 is 0. The van der Waals surface area contributed by atoms with Gasteiger partial charge in [0.25, 0.3) is 0 Å². The van der Waals surface area contributed by atoms with Crippen LogP contribution in [0.25, 0.3) is 27.6 Å². The molecule has 3 rings (SSSR count). The normalized spacial score (nSPS) is 12.0. The molecule has 0 aliphatic rings. The van der Waals surface area contributed by atoms with Crippen molar-refractivity contribution >= 4 is 39.6 Å². The van der Waals surface area contributed by atoms with E-state index >= 15 is 0 Å². The zero-order valence-electron chi connectivity index (χ0n) is 14.9. The second-order valence-electron chi connectivity index (χ2n) is 7.05. The molecule has 0 bridgehead atoms. The van der Waals surface area contributed by atoms with Gasteiger partial charge in [0.05, 0.1) is 5.56 Å². The van der Waals surface area contributed by atoms with Gasteiger partial charge in [-0.3, -0.25) is 0 Å². The monoisotopic (exact) mass is 348 g/mol. The number of carboxylic acids is 1. The van der Waals surface area contributed by atoms with E-state index < -0.39 is 17.5 Å². The number of benzene rings is 3. The Labute approximate surface area is 151 Å². The second-order valence-corrected chi connectivity index (χ2v) is 7.05. The quantitative estimate of drug-likeness (QED) is 0.409. The molecule has 0 unspecified atom stereocenters. The SMILES string of the molecule is CC(C)(C)OC(=O)c1c2ccccc2c(C=CC(=O)O)c2ccccc12. The summed E-state index contributed by atoms with van der Waals surface area (Å²) in [6.07, 6.45) is 2.69. The van der Waals surface area contributed by atoms with Crippen LogP contribution in [0.4, 0.5) is 0 Å². The summed E-state index contributed by atoms with van der Waals surface area (Å²) in [6, 6.07) is 14.9. The molecule has 0 spiro atoms. The molecule has 1 N–H and O–H groups in total. The molecule has 0 aliphatic carbocycles. The van der Waals surface area contributed by atoms with E-state index in [0.717, 1.165) is 33.2 Å². The predicted molar refractivity (Wildman–Crippen MR) is 103 cm³/mol. The highest BCUT2D eigenvalue weighted by atomic mass is 16.6. The highest BCUT2D eigenvalue weighted by Gasteiger charge is 2.23. The van der Waals surface area contributed by atoms with E-state index in [4.69, 9.17) is 9.84 Å². The molecule has 0 atom stereocenters. The molecule has 0 radical (unpaired) electrons. The van der Waals surface area contributed by atoms with Crippen LogP contribution in [0.1, 0.15) is 36.7 Å². The van der Waals surface area contributed by atoms with Crippen LogP contribution in [-0.4, -0.2) is 22.6 Å². The van der Waals surface area contributed by atoms with Crippen LogP contribution in [0, 0.1) is 0 Å². The minimum absolute atomic E-state index is 0.390. The van der Waals surface area contributed by atoms with Gasteiger partial charge in [0, 0.05) is 6.08 Å². The summed E-state index contributed by atoms with van der Waals surface area (Å²) in [4.78, 5) is 23.9. The molecule has 26 heavy (non-hydrogen) atoms. The number of hydrogen-bond acceptors (Lipinski definition) is 3. The number of rotatable bonds is 3. The third-order valence-corrected chi connectivity index (χ3v) is 3.97. The highest BCUT2D eigenvalue weighted by molar-refractivity contribution is 6.20. The highest BCUT2D eigenvalue weighted by Crippen LogP contribution is 2.34. The number of aliphatic carboxylic acids is 1. The van der Waals surface area contributed by atoms with Gasteiger partial charge >= 0.3 is 11.9 Å². The van der Waals surface area contributed by atoms with Crippen molar-refractivity contribution in [3.05, 3.63) is 65.7 Å². The molecule has 3 aromatic rings. The van der Waals surface area contributed by atoms with Crippen LogP contribution in [0.2, 0.25) is 0 Å². The molecule has 3 aromatic carbocycles. The van der Waals surface area contributed by atoms with Crippen LogP contribution < -0.4 is 0 Å². The molecule has 4 heteroatoms. The third-order valence-electron chi connectivity index (χ3n) is 3.97. The van der Waals surface area contributed by atoms with Gasteiger partial charge in [-0.2, -0.15) is 0 Å². The van der Waals surface area contributed by atoms with Gasteiger partial charge in [0.2, 0.25) is 0 Å². The number of ether oxygens (including phenoxy) is 1. The maximum Gasteiger partial charge on any atom is 0.339 e. The molecule has 0 saturated heterocycles. The average molecular weight is 348 g/mol. The van der Waals surface area contributed by atoms with Gasteiger partial charge in [0.15, 0.2) is 0 Å². The Hall–Kier alpha value is -3.14. The van der Waals surface area contributed by atoms with Gasteiger partial charge < -0.3 is 9.84 Å². The van der Waals surface area contributed by atoms with Crippen molar-refractivity contribution in [1.82, 2.24) is 0 Å². The van der Waals surface area contributed by atoms with E-state index in [1.807, 2.05) is 69.3 Å². The predicted octanol–water partition coefficient (Wildman–Crippen LogP) is 5.05. The molecule has 0 heterocycles. The average Bonchev–Trinajstić information content (AvgIpc) is 2.56. The topological polar surface area (TPSA) is 63.6 Å². The Balaban J connectivity index is 2.40. The zero-order valence-corrected chi connectivity index (χ0v) is 14.9. The van der Waals surface area contributed by atoms with E-state index in [1.54, 1.807) is 6.08 Å². The van der Waals surface area contributed by atoms with E-state index in [9.17, 15) is 9.59 Å². The van der Waals surface area contributed by atoms with Gasteiger partial charge in [-0.05, 0) is 54.0 Å². The molecule has 0 amide bonds. The van der Waals surface area contributed by atoms with Crippen LogP contribution in [0.3, 0.4) is 0 Å². The summed E-state index contributed by atoms with van der Waals surface area (Å²) in [5.41, 5.74) is 0.658. The van der Waals surface area contributed by atoms with Crippen molar-refractivity contribution in [1.29, 1.82) is 0 Å². The summed E-state index contributed by atoms with van der Waals surface area (Å²) in [6.45, 7) is 5.50. The number of carbonyl (C=O) groups excluding carboxylic acids is 1. The summed E-state index contributed by atoms with van der Waals surface area (Å²) < 4.78 is 5.63. The lowest BCUT2D eigenvalue weighted by molar-refractivity contribution is -0.131. The Morgan fingerprint density at radius 3 is 1.77 bits per heavy atom. The van der Waals surface area contributed by atoms with E-state index in [1.165, 1.54) is 0 Å². The Morgan fingerprint density at radius 1 is 0.885 bits per heavy atom. The molecule has 0 aliphatic heterocycles. The van der Waals surface area contributed by atoms with Gasteiger partial charge in [-0.15, -0.1) is 0 Å². The standard InChI is InChI=1S/C22H20O4/c1-22(2,3)26-21(25)20-17-10-6-4-8-14(17)16(12-13-19(23)24)15-9-5-7-11-18(15)20/h4-13H,1-3H3,(H,23,24). The first-order valence-corrected chi connectivity index (χ1v) is 8.36. The van der Waals surface area contributed by atoms with Gasteiger partial charge in [-0.25, -0.2) is 9.59 Å². The largest absolute Gasteiger partial charge is 0.478 e. The summed E-state index contributed by atoms with van der Waals surface area (Å²) in [5.74, 6) is -1.41. The van der Waals surface area contributed by atoms with Crippen LogP contribution in [-0.2, 0) is 9.53 Å². The van der Waals surface area contributed by atoms with Crippen LogP contribution in [0.15, 0.2) is 54.6 Å². The molecular weight excluding hydrogens is 328 g/mol. The number of hydrogen-bond donors (Lipinski definition) is 1. The van der Waals surface area contributed by atoms with Gasteiger partial charge in [-0.1, -0.05) is 48.5 Å². The Morgan fingerprint density at radius 2 is 1.35 bits per heavy atom. The van der Waals surface area contributed by atoms with E-state index in [2.05, 4.69) is 0 Å². The zero-order chi connectivity index (χ0) is 18.9. The second kappa shape index (κ2) is 6.64. The third kappa shape index (κ3) is 3.45. The number of carboxylic acid groups (broad SMARTS) is 1. The molecule has 4 nitrogen and oxygen atoms in total. The first kappa shape index (κ1) is 17.7. The van der Waals surface area contributed by atoms with E-state index in [0.29, 0.717) is 5.56 Å². The summed E-state index contributed by atoms with van der Waals surface area (Å²) in [7, 11) is 0. The van der Waals surface area contributed by atoms with Crippen molar-refractivity contribution in [2.45, 2.75) is 26.4 Å². The molecule has 0 saturated carbocycles. The number of esters is 1. The lowest BCUT2D eigenvalue weighted by Crippen LogP contribution is -2.24. The maximum atomic E-state index is 12.9. The van der Waals surface area contributed by atoms with E-state index in [-0.39, 0.29) is 0 Å². The fourth-order valence-corrected chi connectivity index (χ4v) is 3.05. The maximum absolute atomic E-state index is 12.9. The fraction of sp³-hybridized carbons (Fsp3) is 0.182. The van der Waals surface area contributed by atoms with Crippen molar-refractivity contribution in [2.24, 2.45) is 0 Å². The first-order valence-electron chi connectivity index (χ1n) is 8.36. The van der Waals surface area contributed by atoms with Crippen LogP contribution in [0.5, 0.6) is 0 Å². The van der Waals surface area contributed by atoms with Crippen molar-refractivity contribution < 1.29 is 19.4 Å². The van der Waals surface area contributed by atoms with Gasteiger partial charge in [0.1, 0.15) is 5.60 Å². The minimum Gasteiger partial charge on any atom is -0.478 e. The molecular formula is C22H20O4. The smallest absolute Gasteiger partial charge is 0.339 e. The lowest BCUT2D eigenvalue weighted by Gasteiger charge is -2.21. The van der Waals surface area contributed by atoms with Crippen molar-refractivity contribution in [3.63, 3.8) is 0 Å². The lowest BCUT2D eigenvalue weighted by atomic mass is 9.91. The summed E-state index contributed by atoms with van der Waals surface area (Å²) in [5, 5.41) is 12.1. The Kier molecular flexibility index (Phi) is 4.51. The fourth-order valence-electron chi connectivity index (χ4n) is 3.05. The molecule has 132 valence electrons. The van der Waals surface area contributed by atoms with Crippen molar-refractivity contribution in [2.75, 3.05) is 0 Å². The molecule has 0 aromatic heterocycles. The Bertz CT molecular complexity index is 982. The first-order chi connectivity index (χ1) is 12.3.